The molecule has 0 aliphatic heterocycles. The molecule has 66 valence electrons. The molecule has 0 atom stereocenters. The lowest BCUT2D eigenvalue weighted by molar-refractivity contribution is 0.242. The summed E-state index contributed by atoms with van der Waals surface area (Å²) in [5.41, 5.74) is 0. The first-order valence-corrected chi connectivity index (χ1v) is 5.06. The standard InChI is InChI=1S/C9H17BrO/c1-3-5-7-11-8-9(10)6-4-2/h8H,3-7H2,1-2H3/b9-8-. The number of allylic oxidation sites excluding steroid dienone is 1. The fourth-order valence-electron chi connectivity index (χ4n) is 0.675. The summed E-state index contributed by atoms with van der Waals surface area (Å²) in [4.78, 5) is 0. The van der Waals surface area contributed by atoms with Crippen LogP contribution in [0, 0.1) is 0 Å². The van der Waals surface area contributed by atoms with E-state index in [1.807, 2.05) is 6.26 Å². The van der Waals surface area contributed by atoms with Gasteiger partial charge in [0.05, 0.1) is 12.9 Å². The Morgan fingerprint density at radius 1 is 1.36 bits per heavy atom. The van der Waals surface area contributed by atoms with Crippen molar-refractivity contribution >= 4 is 15.9 Å². The van der Waals surface area contributed by atoms with Gasteiger partial charge in [-0.2, -0.15) is 0 Å². The van der Waals surface area contributed by atoms with Crippen LogP contribution in [0.1, 0.15) is 39.5 Å². The lowest BCUT2D eigenvalue weighted by atomic mass is 10.3. The number of halogens is 1. The first-order valence-electron chi connectivity index (χ1n) is 4.27. The normalized spacial score (nSPS) is 11.7. The van der Waals surface area contributed by atoms with E-state index in [0.717, 1.165) is 30.4 Å². The average Bonchev–Trinajstić information content (AvgIpc) is 1.99. The molecule has 0 aliphatic carbocycles. The van der Waals surface area contributed by atoms with Gasteiger partial charge in [-0.25, -0.2) is 0 Å². The highest BCUT2D eigenvalue weighted by Gasteiger charge is 1.88. The molecule has 0 aromatic carbocycles. The summed E-state index contributed by atoms with van der Waals surface area (Å²) in [6, 6.07) is 0. The largest absolute Gasteiger partial charge is 0.500 e. The van der Waals surface area contributed by atoms with Gasteiger partial charge in [-0.05, 0) is 12.8 Å². The number of hydrogen-bond donors (Lipinski definition) is 0. The molecule has 0 saturated heterocycles. The van der Waals surface area contributed by atoms with Crippen molar-refractivity contribution in [3.8, 4) is 0 Å². The van der Waals surface area contributed by atoms with Gasteiger partial charge in [-0.3, -0.25) is 0 Å². The Kier molecular flexibility index (Phi) is 8.13. The van der Waals surface area contributed by atoms with E-state index in [1.54, 1.807) is 0 Å². The quantitative estimate of drug-likeness (QED) is 0.489. The smallest absolute Gasteiger partial charge is 0.0930 e. The predicted molar refractivity (Wildman–Crippen MR) is 52.8 cm³/mol. The average molecular weight is 221 g/mol. The topological polar surface area (TPSA) is 9.23 Å². The Balaban J connectivity index is 3.24. The second-order valence-electron chi connectivity index (χ2n) is 2.54. The van der Waals surface area contributed by atoms with Gasteiger partial charge in [0.25, 0.3) is 0 Å². The summed E-state index contributed by atoms with van der Waals surface area (Å²) >= 11 is 3.43. The molecule has 1 nitrogen and oxygen atoms in total. The van der Waals surface area contributed by atoms with E-state index in [0.29, 0.717) is 0 Å². The Morgan fingerprint density at radius 2 is 2.09 bits per heavy atom. The van der Waals surface area contributed by atoms with Crippen LogP contribution < -0.4 is 0 Å². The summed E-state index contributed by atoms with van der Waals surface area (Å²) in [6.07, 6.45) is 6.39. The van der Waals surface area contributed by atoms with Crippen LogP contribution >= 0.6 is 15.9 Å². The molecule has 0 bridgehead atoms. The second kappa shape index (κ2) is 8.12. The molecule has 2 heteroatoms. The summed E-state index contributed by atoms with van der Waals surface area (Å²) in [6.45, 7) is 5.16. The van der Waals surface area contributed by atoms with E-state index in [4.69, 9.17) is 4.74 Å². The van der Waals surface area contributed by atoms with Gasteiger partial charge in [-0.1, -0.05) is 42.6 Å². The van der Waals surface area contributed by atoms with Crippen molar-refractivity contribution < 1.29 is 4.74 Å². The maximum atomic E-state index is 5.28. The number of unbranched alkanes of at least 4 members (excludes halogenated alkanes) is 1. The molecule has 0 heterocycles. The van der Waals surface area contributed by atoms with Crippen LogP contribution in [0.3, 0.4) is 0 Å². The number of rotatable bonds is 6. The van der Waals surface area contributed by atoms with Crippen molar-refractivity contribution in [2.45, 2.75) is 39.5 Å². The molecule has 0 radical (unpaired) electrons. The monoisotopic (exact) mass is 220 g/mol. The minimum Gasteiger partial charge on any atom is -0.500 e. The number of ether oxygens (including phenoxy) is 1. The summed E-state index contributed by atoms with van der Waals surface area (Å²) in [5.74, 6) is 0. The SMILES string of the molecule is CCCCO/C=C(\Br)CCC. The van der Waals surface area contributed by atoms with Crippen LogP contribution in [0.15, 0.2) is 10.7 Å². The third-order valence-electron chi connectivity index (χ3n) is 1.32. The Morgan fingerprint density at radius 3 is 2.64 bits per heavy atom. The van der Waals surface area contributed by atoms with Crippen molar-refractivity contribution in [3.05, 3.63) is 10.7 Å². The molecule has 0 aromatic rings. The van der Waals surface area contributed by atoms with E-state index < -0.39 is 0 Å². The highest BCUT2D eigenvalue weighted by molar-refractivity contribution is 9.11. The highest BCUT2D eigenvalue weighted by Crippen LogP contribution is 2.12. The van der Waals surface area contributed by atoms with Gasteiger partial charge in [0.1, 0.15) is 0 Å². The maximum absolute atomic E-state index is 5.28. The molecule has 0 saturated carbocycles. The van der Waals surface area contributed by atoms with Crippen LogP contribution in [0.25, 0.3) is 0 Å². The summed E-state index contributed by atoms with van der Waals surface area (Å²) in [7, 11) is 0. The molecule has 0 aromatic heterocycles. The third-order valence-corrected chi connectivity index (χ3v) is 1.90. The van der Waals surface area contributed by atoms with E-state index in [-0.39, 0.29) is 0 Å². The van der Waals surface area contributed by atoms with Gasteiger partial charge in [-0.15, -0.1) is 0 Å². The van der Waals surface area contributed by atoms with Gasteiger partial charge in [0.2, 0.25) is 0 Å². The molecule has 0 unspecified atom stereocenters. The van der Waals surface area contributed by atoms with E-state index in [2.05, 4.69) is 29.8 Å². The van der Waals surface area contributed by atoms with Crippen molar-refractivity contribution in [2.75, 3.05) is 6.61 Å². The van der Waals surface area contributed by atoms with Crippen molar-refractivity contribution in [1.29, 1.82) is 0 Å². The van der Waals surface area contributed by atoms with Crippen molar-refractivity contribution in [1.82, 2.24) is 0 Å². The molecule has 0 fully saturated rings. The van der Waals surface area contributed by atoms with Crippen molar-refractivity contribution in [2.24, 2.45) is 0 Å². The first-order chi connectivity index (χ1) is 5.31. The number of hydrogen-bond acceptors (Lipinski definition) is 1. The maximum Gasteiger partial charge on any atom is 0.0930 e. The predicted octanol–water partition coefficient (Wildman–Crippen LogP) is 3.84. The zero-order chi connectivity index (χ0) is 8.53. The molecule has 0 spiro atoms. The summed E-state index contributed by atoms with van der Waals surface area (Å²) < 4.78 is 6.44. The van der Waals surface area contributed by atoms with E-state index in [9.17, 15) is 0 Å². The Labute approximate surface area is 78.0 Å². The molecular formula is C9H17BrO. The van der Waals surface area contributed by atoms with Crippen LogP contribution in [0.5, 0.6) is 0 Å². The molecule has 11 heavy (non-hydrogen) atoms. The fourth-order valence-corrected chi connectivity index (χ4v) is 1.20. The first kappa shape index (κ1) is 11.0. The lowest BCUT2D eigenvalue weighted by Crippen LogP contribution is -1.86. The second-order valence-corrected chi connectivity index (χ2v) is 3.56. The zero-order valence-corrected chi connectivity index (χ0v) is 8.99. The van der Waals surface area contributed by atoms with E-state index in [1.165, 1.54) is 6.42 Å². The van der Waals surface area contributed by atoms with Gasteiger partial charge in [0.15, 0.2) is 0 Å². The van der Waals surface area contributed by atoms with Crippen molar-refractivity contribution in [3.63, 3.8) is 0 Å². The Hall–Kier alpha value is 0.0200. The van der Waals surface area contributed by atoms with Gasteiger partial charge in [0, 0.05) is 4.48 Å². The van der Waals surface area contributed by atoms with E-state index >= 15 is 0 Å². The molecule has 0 aliphatic rings. The lowest BCUT2D eigenvalue weighted by Gasteiger charge is -1.99. The Bertz CT molecular complexity index is 110. The van der Waals surface area contributed by atoms with Crippen LogP contribution in [-0.2, 0) is 4.74 Å². The zero-order valence-electron chi connectivity index (χ0n) is 7.40. The summed E-state index contributed by atoms with van der Waals surface area (Å²) in [5, 5.41) is 0. The van der Waals surface area contributed by atoms with Gasteiger partial charge >= 0.3 is 0 Å². The van der Waals surface area contributed by atoms with Crippen LogP contribution in [0.2, 0.25) is 0 Å². The van der Waals surface area contributed by atoms with Crippen LogP contribution in [0.4, 0.5) is 0 Å². The molecule has 0 amide bonds. The minimum atomic E-state index is 0.843. The minimum absolute atomic E-state index is 0.843. The molecule has 0 rings (SSSR count). The fraction of sp³-hybridized carbons (Fsp3) is 0.778. The third kappa shape index (κ3) is 7.92. The van der Waals surface area contributed by atoms with Crippen LogP contribution in [-0.4, -0.2) is 6.61 Å². The highest BCUT2D eigenvalue weighted by atomic mass is 79.9. The molecule has 0 N–H and O–H groups in total. The molecular weight excluding hydrogens is 204 g/mol. The van der Waals surface area contributed by atoms with Gasteiger partial charge < -0.3 is 4.74 Å².